The zero-order chi connectivity index (χ0) is 15.9. The Morgan fingerprint density at radius 3 is 2.41 bits per heavy atom. The molecule has 0 spiro atoms. The molecule has 2 heteroatoms. The molecule has 0 aliphatic heterocycles. The first-order valence-electron chi connectivity index (χ1n) is 9.04. The summed E-state index contributed by atoms with van der Waals surface area (Å²) in [6.07, 6.45) is 10.7. The molecule has 1 aromatic heterocycles. The topological polar surface area (TPSA) is 12.9 Å². The summed E-state index contributed by atoms with van der Waals surface area (Å²) in [5.74, 6) is 0.675. The third-order valence-corrected chi connectivity index (χ3v) is 5.95. The lowest BCUT2D eigenvalue weighted by Gasteiger charge is -2.13. The molecule has 0 aliphatic carbocycles. The Morgan fingerprint density at radius 2 is 1.68 bits per heavy atom. The summed E-state index contributed by atoms with van der Waals surface area (Å²) in [5, 5.41) is 1.38. The number of aromatic nitrogens is 1. The monoisotopic (exact) mass is 317 g/mol. The number of benzene rings is 1. The summed E-state index contributed by atoms with van der Waals surface area (Å²) in [6, 6.07) is 4.49. The highest BCUT2D eigenvalue weighted by Gasteiger charge is 2.17. The van der Waals surface area contributed by atoms with Gasteiger partial charge in [0, 0.05) is 5.92 Å². The first-order chi connectivity index (χ1) is 10.7. The predicted octanol–water partition coefficient (Wildman–Crippen LogP) is 7.16. The normalized spacial score (nSPS) is 12.9. The van der Waals surface area contributed by atoms with Gasteiger partial charge in [0.15, 0.2) is 0 Å². The molecule has 22 heavy (non-hydrogen) atoms. The van der Waals surface area contributed by atoms with Crippen LogP contribution in [0, 0.1) is 13.8 Å². The third-order valence-electron chi connectivity index (χ3n) is 4.76. The summed E-state index contributed by atoms with van der Waals surface area (Å²) in [6.45, 7) is 8.98. The van der Waals surface area contributed by atoms with Gasteiger partial charge in [0.25, 0.3) is 0 Å². The second-order valence-corrected chi connectivity index (χ2v) is 7.66. The van der Waals surface area contributed by atoms with Crippen molar-refractivity contribution < 1.29 is 0 Å². The van der Waals surface area contributed by atoms with E-state index >= 15 is 0 Å². The number of thiazole rings is 1. The van der Waals surface area contributed by atoms with Crippen LogP contribution < -0.4 is 0 Å². The van der Waals surface area contributed by atoms with Gasteiger partial charge >= 0.3 is 0 Å². The lowest BCUT2D eigenvalue weighted by molar-refractivity contribution is 0.508. The van der Waals surface area contributed by atoms with Crippen molar-refractivity contribution >= 4 is 21.6 Å². The van der Waals surface area contributed by atoms with Crippen LogP contribution in [0.25, 0.3) is 10.2 Å². The Hall–Kier alpha value is -0.890. The second-order valence-electron chi connectivity index (χ2n) is 6.59. The maximum Gasteiger partial charge on any atom is 0.0969 e. The second kappa shape index (κ2) is 8.67. The Labute approximate surface area is 140 Å². The van der Waals surface area contributed by atoms with Gasteiger partial charge in [-0.1, -0.05) is 58.4 Å². The molecule has 0 fully saturated rings. The maximum atomic E-state index is 5.04. The van der Waals surface area contributed by atoms with E-state index in [0.717, 1.165) is 0 Å². The van der Waals surface area contributed by atoms with E-state index in [9.17, 15) is 0 Å². The van der Waals surface area contributed by atoms with Crippen LogP contribution in [-0.2, 0) is 0 Å². The van der Waals surface area contributed by atoms with E-state index in [4.69, 9.17) is 4.98 Å². The Morgan fingerprint density at radius 1 is 0.955 bits per heavy atom. The van der Waals surface area contributed by atoms with Gasteiger partial charge in [0.1, 0.15) is 0 Å². The molecule has 1 unspecified atom stereocenters. The fourth-order valence-corrected chi connectivity index (χ4v) is 4.27. The van der Waals surface area contributed by atoms with Gasteiger partial charge in [0.2, 0.25) is 0 Å². The summed E-state index contributed by atoms with van der Waals surface area (Å²) in [7, 11) is 0. The number of fused-ring (bicyclic) bond motifs is 1. The van der Waals surface area contributed by atoms with Crippen LogP contribution in [0.2, 0.25) is 0 Å². The fourth-order valence-electron chi connectivity index (χ4n) is 3.08. The van der Waals surface area contributed by atoms with Crippen molar-refractivity contribution in [3.63, 3.8) is 0 Å². The first-order valence-corrected chi connectivity index (χ1v) is 9.85. The highest BCUT2D eigenvalue weighted by molar-refractivity contribution is 7.18. The molecule has 0 radical (unpaired) electrons. The molecule has 122 valence electrons. The Kier molecular flexibility index (Phi) is 6.88. The fraction of sp³-hybridized carbons (Fsp3) is 0.650. The van der Waals surface area contributed by atoms with Crippen LogP contribution in [0.15, 0.2) is 12.1 Å². The number of rotatable bonds is 9. The summed E-state index contributed by atoms with van der Waals surface area (Å²) >= 11 is 1.93. The van der Waals surface area contributed by atoms with Crippen molar-refractivity contribution in [2.75, 3.05) is 0 Å². The molecule has 1 atom stereocenters. The molecule has 0 aliphatic rings. The summed E-state index contributed by atoms with van der Waals surface area (Å²) in [4.78, 5) is 5.04. The van der Waals surface area contributed by atoms with Crippen molar-refractivity contribution in [2.45, 2.75) is 85.0 Å². The third kappa shape index (κ3) is 4.32. The van der Waals surface area contributed by atoms with E-state index in [1.807, 2.05) is 11.3 Å². The number of nitrogens with zero attached hydrogens (tertiary/aromatic N) is 1. The van der Waals surface area contributed by atoms with E-state index in [1.54, 1.807) is 0 Å². The van der Waals surface area contributed by atoms with Crippen LogP contribution in [0.4, 0.5) is 0 Å². The number of hydrogen-bond acceptors (Lipinski definition) is 2. The van der Waals surface area contributed by atoms with Gasteiger partial charge < -0.3 is 0 Å². The SMILES string of the molecule is CCCCCCC(CCCC)c1nc2c(C)c(C)ccc2s1. The zero-order valence-corrected chi connectivity index (χ0v) is 15.6. The lowest BCUT2D eigenvalue weighted by atomic mass is 9.96. The Bertz CT molecular complexity index is 585. The molecule has 0 amide bonds. The molecule has 0 saturated heterocycles. The largest absolute Gasteiger partial charge is 0.241 e. The lowest BCUT2D eigenvalue weighted by Crippen LogP contribution is -1.99. The van der Waals surface area contributed by atoms with Crippen LogP contribution >= 0.6 is 11.3 Å². The predicted molar refractivity (Wildman–Crippen MR) is 100 cm³/mol. The Balaban J connectivity index is 2.16. The van der Waals surface area contributed by atoms with Gasteiger partial charge in [-0.3, -0.25) is 0 Å². The molecule has 0 N–H and O–H groups in total. The molecule has 2 rings (SSSR count). The minimum Gasteiger partial charge on any atom is -0.241 e. The molecule has 0 bridgehead atoms. The van der Waals surface area contributed by atoms with E-state index in [-0.39, 0.29) is 0 Å². The van der Waals surface area contributed by atoms with Gasteiger partial charge in [-0.15, -0.1) is 11.3 Å². The maximum absolute atomic E-state index is 5.04. The molecule has 1 nitrogen and oxygen atoms in total. The highest BCUT2D eigenvalue weighted by atomic mass is 32.1. The van der Waals surface area contributed by atoms with Crippen molar-refractivity contribution in [1.29, 1.82) is 0 Å². The quantitative estimate of drug-likeness (QED) is 0.447. The van der Waals surface area contributed by atoms with E-state index in [1.165, 1.54) is 77.7 Å². The molecule has 1 aromatic carbocycles. The van der Waals surface area contributed by atoms with Crippen molar-refractivity contribution in [3.8, 4) is 0 Å². The van der Waals surface area contributed by atoms with Gasteiger partial charge in [0.05, 0.1) is 15.2 Å². The molecule has 1 heterocycles. The minimum absolute atomic E-state index is 0.675. The van der Waals surface area contributed by atoms with Crippen molar-refractivity contribution in [2.24, 2.45) is 0 Å². The van der Waals surface area contributed by atoms with Crippen LogP contribution in [-0.4, -0.2) is 4.98 Å². The van der Waals surface area contributed by atoms with Gasteiger partial charge in [-0.05, 0) is 43.9 Å². The average molecular weight is 318 g/mol. The smallest absolute Gasteiger partial charge is 0.0969 e. The molecule has 2 aromatic rings. The van der Waals surface area contributed by atoms with Crippen molar-refractivity contribution in [3.05, 3.63) is 28.3 Å². The molecule has 0 saturated carbocycles. The number of hydrogen-bond donors (Lipinski definition) is 0. The minimum atomic E-state index is 0.675. The average Bonchev–Trinajstić information content (AvgIpc) is 2.95. The molecular formula is C20H31NS. The highest BCUT2D eigenvalue weighted by Crippen LogP contribution is 2.35. The summed E-state index contributed by atoms with van der Waals surface area (Å²) in [5.41, 5.74) is 3.97. The zero-order valence-electron chi connectivity index (χ0n) is 14.7. The van der Waals surface area contributed by atoms with Crippen LogP contribution in [0.1, 0.15) is 87.3 Å². The summed E-state index contributed by atoms with van der Waals surface area (Å²) < 4.78 is 1.37. The van der Waals surface area contributed by atoms with Crippen LogP contribution in [0.5, 0.6) is 0 Å². The first kappa shape index (κ1) is 17.5. The van der Waals surface area contributed by atoms with Crippen molar-refractivity contribution in [1.82, 2.24) is 4.98 Å². The van der Waals surface area contributed by atoms with Gasteiger partial charge in [-0.2, -0.15) is 0 Å². The van der Waals surface area contributed by atoms with Crippen LogP contribution in [0.3, 0.4) is 0 Å². The standard InChI is InChI=1S/C20H31NS/c1-5-7-9-10-12-17(11-8-6-2)20-21-19-16(4)15(3)13-14-18(19)22-20/h13-14,17H,5-12H2,1-4H3. The molecular weight excluding hydrogens is 286 g/mol. The van der Waals surface area contributed by atoms with E-state index < -0.39 is 0 Å². The van der Waals surface area contributed by atoms with Gasteiger partial charge in [-0.25, -0.2) is 4.98 Å². The number of aryl methyl sites for hydroxylation is 2. The number of unbranched alkanes of at least 4 members (excludes halogenated alkanes) is 4. The van der Waals surface area contributed by atoms with E-state index in [0.29, 0.717) is 5.92 Å². The van der Waals surface area contributed by atoms with E-state index in [2.05, 4.69) is 39.8 Å².